The van der Waals surface area contributed by atoms with Gasteiger partial charge in [0.15, 0.2) is 0 Å². The minimum atomic E-state index is -1.03. The van der Waals surface area contributed by atoms with Gasteiger partial charge in [-0.05, 0) is 32.4 Å². The van der Waals surface area contributed by atoms with Crippen LogP contribution < -0.4 is 10.6 Å². The Labute approximate surface area is 112 Å². The summed E-state index contributed by atoms with van der Waals surface area (Å²) in [5.41, 5.74) is 6.44. The van der Waals surface area contributed by atoms with E-state index in [1.807, 2.05) is 32.7 Å². The highest BCUT2D eigenvalue weighted by atomic mass is 35.5. The summed E-state index contributed by atoms with van der Waals surface area (Å²) in [4.78, 5) is 13.2. The molecule has 3 N–H and O–H groups in total. The van der Waals surface area contributed by atoms with Crippen LogP contribution in [0.5, 0.6) is 0 Å². The van der Waals surface area contributed by atoms with Crippen molar-refractivity contribution in [2.75, 3.05) is 17.7 Å². The van der Waals surface area contributed by atoms with Crippen LogP contribution in [0.25, 0.3) is 0 Å². The van der Waals surface area contributed by atoms with Crippen LogP contribution in [0.1, 0.15) is 37.6 Å². The van der Waals surface area contributed by atoms with Gasteiger partial charge in [0, 0.05) is 18.3 Å². The van der Waals surface area contributed by atoms with Crippen molar-refractivity contribution in [2.24, 2.45) is 0 Å². The van der Waals surface area contributed by atoms with Crippen molar-refractivity contribution in [3.8, 4) is 0 Å². The Hall–Kier alpha value is -1.42. The number of nitrogens with zero attached hydrogens (tertiary/aromatic N) is 1. The third kappa shape index (κ3) is 2.70. The molecule has 0 aliphatic heterocycles. The van der Waals surface area contributed by atoms with Crippen LogP contribution in [0.2, 0.25) is 5.02 Å². The maximum atomic E-state index is 11.3. The van der Waals surface area contributed by atoms with E-state index in [0.29, 0.717) is 16.4 Å². The predicted octanol–water partition coefficient (Wildman–Crippen LogP) is 3.25. The molecule has 0 unspecified atom stereocenters. The van der Waals surface area contributed by atoms with Crippen LogP contribution in [-0.2, 0) is 0 Å². The van der Waals surface area contributed by atoms with Crippen LogP contribution in [0.15, 0.2) is 12.1 Å². The molecule has 0 fully saturated rings. The van der Waals surface area contributed by atoms with E-state index in [1.54, 1.807) is 6.07 Å². The molecule has 0 spiro atoms. The number of nitrogen functional groups attached to an aromatic ring is 1. The summed E-state index contributed by atoms with van der Waals surface area (Å²) in [5, 5.41) is 9.62. The molecule has 0 atom stereocenters. The van der Waals surface area contributed by atoms with E-state index in [4.69, 9.17) is 17.3 Å². The zero-order valence-corrected chi connectivity index (χ0v) is 11.9. The Balaban J connectivity index is 3.44. The SMILES string of the molecule is CCC(C)(C)N(C)c1c(Cl)cc(N)cc1C(=O)O. The van der Waals surface area contributed by atoms with Gasteiger partial charge < -0.3 is 15.7 Å². The number of nitrogens with two attached hydrogens (primary N) is 1. The minimum Gasteiger partial charge on any atom is -0.478 e. The third-order valence-corrected chi connectivity index (χ3v) is 3.71. The minimum absolute atomic E-state index is 0.129. The molecule has 1 aromatic rings. The summed E-state index contributed by atoms with van der Waals surface area (Å²) in [7, 11) is 1.84. The summed E-state index contributed by atoms with van der Waals surface area (Å²) in [6, 6.07) is 3.01. The molecule has 1 aromatic carbocycles. The zero-order chi connectivity index (χ0) is 14.1. The molecule has 0 bridgehead atoms. The van der Waals surface area contributed by atoms with Crippen LogP contribution in [0.3, 0.4) is 0 Å². The molecule has 1 rings (SSSR count). The van der Waals surface area contributed by atoms with Crippen molar-refractivity contribution in [1.29, 1.82) is 0 Å². The normalized spacial score (nSPS) is 11.4. The van der Waals surface area contributed by atoms with E-state index < -0.39 is 5.97 Å². The van der Waals surface area contributed by atoms with E-state index in [9.17, 15) is 9.90 Å². The molecule has 0 aliphatic rings. The molecule has 100 valence electrons. The van der Waals surface area contributed by atoms with Gasteiger partial charge in [0.05, 0.1) is 16.3 Å². The van der Waals surface area contributed by atoms with Crippen molar-refractivity contribution >= 4 is 28.9 Å². The molecule has 0 radical (unpaired) electrons. The molecule has 0 aromatic heterocycles. The van der Waals surface area contributed by atoms with Gasteiger partial charge in [-0.2, -0.15) is 0 Å². The standard InChI is InChI=1S/C13H19ClN2O2/c1-5-13(2,3)16(4)11-9(12(17)18)6-8(15)7-10(11)14/h6-7H,5,15H2,1-4H3,(H,17,18). The summed E-state index contributed by atoms with van der Waals surface area (Å²) in [6.07, 6.45) is 0.864. The average molecular weight is 271 g/mol. The van der Waals surface area contributed by atoms with Crippen molar-refractivity contribution < 1.29 is 9.90 Å². The van der Waals surface area contributed by atoms with Gasteiger partial charge in [0.1, 0.15) is 0 Å². The second-order valence-electron chi connectivity index (χ2n) is 4.93. The fraction of sp³-hybridized carbons (Fsp3) is 0.462. The highest BCUT2D eigenvalue weighted by Gasteiger charge is 2.27. The lowest BCUT2D eigenvalue weighted by Crippen LogP contribution is -2.41. The number of carboxylic acids is 1. The van der Waals surface area contributed by atoms with Gasteiger partial charge in [0.2, 0.25) is 0 Å². The second kappa shape index (κ2) is 5.06. The van der Waals surface area contributed by atoms with Crippen LogP contribution in [0.4, 0.5) is 11.4 Å². The molecule has 0 saturated carbocycles. The molecule has 0 heterocycles. The molecule has 5 heteroatoms. The van der Waals surface area contributed by atoms with Crippen molar-refractivity contribution in [2.45, 2.75) is 32.7 Å². The Kier molecular flexibility index (Phi) is 4.12. The first-order valence-corrected chi connectivity index (χ1v) is 6.14. The van der Waals surface area contributed by atoms with Gasteiger partial charge in [0.25, 0.3) is 0 Å². The van der Waals surface area contributed by atoms with E-state index in [1.165, 1.54) is 6.07 Å². The topological polar surface area (TPSA) is 66.6 Å². The Morgan fingerprint density at radius 3 is 2.50 bits per heavy atom. The first-order chi connectivity index (χ1) is 8.20. The summed E-state index contributed by atoms with van der Waals surface area (Å²) in [6.45, 7) is 6.11. The summed E-state index contributed by atoms with van der Waals surface area (Å²) < 4.78 is 0. The smallest absolute Gasteiger partial charge is 0.337 e. The first-order valence-electron chi connectivity index (χ1n) is 5.77. The second-order valence-corrected chi connectivity index (χ2v) is 5.34. The lowest BCUT2D eigenvalue weighted by atomic mass is 9.97. The highest BCUT2D eigenvalue weighted by molar-refractivity contribution is 6.34. The number of carboxylic acid groups (broad SMARTS) is 1. The van der Waals surface area contributed by atoms with Crippen molar-refractivity contribution in [3.63, 3.8) is 0 Å². The van der Waals surface area contributed by atoms with Crippen LogP contribution >= 0.6 is 11.6 Å². The quantitative estimate of drug-likeness (QED) is 0.824. The number of halogens is 1. The average Bonchev–Trinajstić information content (AvgIpc) is 2.27. The van der Waals surface area contributed by atoms with E-state index in [2.05, 4.69) is 0 Å². The number of rotatable bonds is 4. The zero-order valence-electron chi connectivity index (χ0n) is 11.1. The number of hydrogen-bond donors (Lipinski definition) is 2. The highest BCUT2D eigenvalue weighted by Crippen LogP contribution is 2.36. The number of anilines is 2. The summed E-state index contributed by atoms with van der Waals surface area (Å²) in [5.74, 6) is -1.03. The van der Waals surface area contributed by atoms with Crippen LogP contribution in [-0.4, -0.2) is 23.7 Å². The largest absolute Gasteiger partial charge is 0.478 e. The summed E-state index contributed by atoms with van der Waals surface area (Å²) >= 11 is 6.15. The fourth-order valence-electron chi connectivity index (χ4n) is 1.66. The molecule has 0 saturated heterocycles. The lowest BCUT2D eigenvalue weighted by molar-refractivity contribution is 0.0697. The Morgan fingerprint density at radius 2 is 2.06 bits per heavy atom. The number of aromatic carboxylic acids is 1. The van der Waals surface area contributed by atoms with E-state index in [0.717, 1.165) is 6.42 Å². The van der Waals surface area contributed by atoms with Crippen LogP contribution in [0, 0.1) is 0 Å². The molecule has 0 aliphatic carbocycles. The maximum Gasteiger partial charge on any atom is 0.337 e. The monoisotopic (exact) mass is 270 g/mol. The van der Waals surface area contributed by atoms with E-state index >= 15 is 0 Å². The number of hydrogen-bond acceptors (Lipinski definition) is 3. The first kappa shape index (κ1) is 14.6. The molecule has 18 heavy (non-hydrogen) atoms. The Bertz CT molecular complexity index is 472. The fourth-order valence-corrected chi connectivity index (χ4v) is 2.02. The predicted molar refractivity (Wildman–Crippen MR) is 75.6 cm³/mol. The number of carbonyl (C=O) groups is 1. The van der Waals surface area contributed by atoms with Crippen molar-refractivity contribution in [1.82, 2.24) is 0 Å². The third-order valence-electron chi connectivity index (χ3n) is 3.42. The van der Waals surface area contributed by atoms with Crippen molar-refractivity contribution in [3.05, 3.63) is 22.7 Å². The molecule has 0 amide bonds. The Morgan fingerprint density at radius 1 is 1.50 bits per heavy atom. The van der Waals surface area contributed by atoms with Gasteiger partial charge in [-0.15, -0.1) is 0 Å². The van der Waals surface area contributed by atoms with Gasteiger partial charge in [-0.1, -0.05) is 18.5 Å². The maximum absolute atomic E-state index is 11.3. The molecule has 4 nitrogen and oxygen atoms in total. The van der Waals surface area contributed by atoms with E-state index in [-0.39, 0.29) is 11.1 Å². The van der Waals surface area contributed by atoms with Gasteiger partial charge in [-0.25, -0.2) is 4.79 Å². The molecular weight excluding hydrogens is 252 g/mol. The molecular formula is C13H19ClN2O2. The number of benzene rings is 1. The van der Waals surface area contributed by atoms with Gasteiger partial charge >= 0.3 is 5.97 Å². The van der Waals surface area contributed by atoms with Gasteiger partial charge in [-0.3, -0.25) is 0 Å². The lowest BCUT2D eigenvalue weighted by Gasteiger charge is -2.38.